The number of alkyl halides is 3. The maximum absolute atomic E-state index is 13.0. The summed E-state index contributed by atoms with van der Waals surface area (Å²) in [5.74, 6) is -1.27. The van der Waals surface area contributed by atoms with E-state index in [1.807, 2.05) is 32.0 Å². The molecule has 2 unspecified atom stereocenters. The Morgan fingerprint density at radius 2 is 1.72 bits per heavy atom. The second-order valence-electron chi connectivity index (χ2n) is 5.14. The number of halogens is 3. The van der Waals surface area contributed by atoms with Crippen LogP contribution in [0.5, 0.6) is 0 Å². The fourth-order valence-electron chi connectivity index (χ4n) is 2.78. The Morgan fingerprint density at radius 3 is 2.28 bits per heavy atom. The monoisotopic (exact) mass is 257 g/mol. The van der Waals surface area contributed by atoms with Crippen LogP contribution in [-0.4, -0.2) is 12.7 Å². The molecular weight excluding hydrogens is 239 g/mol. The van der Waals surface area contributed by atoms with E-state index in [1.165, 1.54) is 0 Å². The Labute approximate surface area is 105 Å². The van der Waals surface area contributed by atoms with Crippen LogP contribution >= 0.6 is 0 Å². The van der Waals surface area contributed by atoms with Gasteiger partial charge in [0.1, 0.15) is 0 Å². The highest BCUT2D eigenvalue weighted by Crippen LogP contribution is 2.41. The summed E-state index contributed by atoms with van der Waals surface area (Å²) >= 11 is 0. The van der Waals surface area contributed by atoms with Gasteiger partial charge in [-0.05, 0) is 38.8 Å². The summed E-state index contributed by atoms with van der Waals surface area (Å²) in [4.78, 5) is 0. The Bertz CT molecular complexity index is 405. The molecule has 0 bridgehead atoms. The van der Waals surface area contributed by atoms with Gasteiger partial charge in [0.15, 0.2) is 0 Å². The number of piperidine rings is 1. The molecular formula is C14H18F3N. The zero-order chi connectivity index (χ0) is 13.3. The van der Waals surface area contributed by atoms with Crippen molar-refractivity contribution in [1.29, 1.82) is 0 Å². The molecule has 1 aromatic rings. The van der Waals surface area contributed by atoms with E-state index in [0.29, 0.717) is 13.0 Å². The van der Waals surface area contributed by atoms with Crippen LogP contribution in [0.25, 0.3) is 0 Å². The zero-order valence-corrected chi connectivity index (χ0v) is 10.6. The van der Waals surface area contributed by atoms with E-state index < -0.39 is 18.1 Å². The number of aryl methyl sites for hydroxylation is 2. The van der Waals surface area contributed by atoms with Crippen molar-refractivity contribution in [2.75, 3.05) is 6.54 Å². The van der Waals surface area contributed by atoms with Crippen LogP contribution in [0.4, 0.5) is 13.2 Å². The summed E-state index contributed by atoms with van der Waals surface area (Å²) in [6.45, 7) is 4.49. The molecule has 1 saturated heterocycles. The smallest absolute Gasteiger partial charge is 0.309 e. The van der Waals surface area contributed by atoms with Crippen molar-refractivity contribution in [3.8, 4) is 0 Å². The quantitative estimate of drug-likeness (QED) is 0.804. The van der Waals surface area contributed by atoms with Crippen LogP contribution in [-0.2, 0) is 0 Å². The first-order chi connectivity index (χ1) is 8.38. The molecule has 1 aromatic carbocycles. The van der Waals surface area contributed by atoms with Crippen LogP contribution in [0, 0.1) is 19.8 Å². The minimum absolute atomic E-state index is 0.216. The SMILES string of the molecule is Cc1cc(C)cc(C2NCCCC2C(F)(F)F)c1. The van der Waals surface area contributed by atoms with E-state index in [0.717, 1.165) is 16.7 Å². The Morgan fingerprint density at radius 1 is 1.11 bits per heavy atom. The normalized spacial score (nSPS) is 25.2. The maximum Gasteiger partial charge on any atom is 0.393 e. The van der Waals surface area contributed by atoms with Crippen molar-refractivity contribution >= 4 is 0 Å². The Hall–Kier alpha value is -1.03. The third-order valence-corrected chi connectivity index (χ3v) is 3.48. The molecule has 1 aliphatic heterocycles. The summed E-state index contributed by atoms with van der Waals surface area (Å²) in [6, 6.07) is 5.09. The zero-order valence-electron chi connectivity index (χ0n) is 10.6. The first kappa shape index (κ1) is 13.4. The average molecular weight is 257 g/mol. The molecule has 1 N–H and O–H groups in total. The van der Waals surface area contributed by atoms with Crippen molar-refractivity contribution in [2.24, 2.45) is 5.92 Å². The minimum atomic E-state index is -4.13. The van der Waals surface area contributed by atoms with Crippen LogP contribution < -0.4 is 5.32 Å². The fraction of sp³-hybridized carbons (Fsp3) is 0.571. The van der Waals surface area contributed by atoms with Crippen LogP contribution in [0.2, 0.25) is 0 Å². The number of hydrogen-bond donors (Lipinski definition) is 1. The summed E-state index contributed by atoms with van der Waals surface area (Å²) in [7, 11) is 0. The number of rotatable bonds is 1. The molecule has 0 aromatic heterocycles. The molecule has 0 radical (unpaired) electrons. The first-order valence-corrected chi connectivity index (χ1v) is 6.26. The van der Waals surface area contributed by atoms with Crippen molar-refractivity contribution < 1.29 is 13.2 Å². The van der Waals surface area contributed by atoms with Gasteiger partial charge >= 0.3 is 6.18 Å². The van der Waals surface area contributed by atoms with Gasteiger partial charge in [-0.15, -0.1) is 0 Å². The third-order valence-electron chi connectivity index (χ3n) is 3.48. The molecule has 1 nitrogen and oxygen atoms in total. The molecule has 0 aliphatic carbocycles. The second kappa shape index (κ2) is 4.92. The van der Waals surface area contributed by atoms with Crippen molar-refractivity contribution in [3.63, 3.8) is 0 Å². The van der Waals surface area contributed by atoms with E-state index in [4.69, 9.17) is 0 Å². The van der Waals surface area contributed by atoms with E-state index in [1.54, 1.807) is 0 Å². The molecule has 1 aliphatic rings. The lowest BCUT2D eigenvalue weighted by Gasteiger charge is -2.34. The highest BCUT2D eigenvalue weighted by atomic mass is 19.4. The van der Waals surface area contributed by atoms with Crippen molar-refractivity contribution in [1.82, 2.24) is 5.32 Å². The maximum atomic E-state index is 13.0. The summed E-state index contributed by atoms with van der Waals surface area (Å²) < 4.78 is 39.1. The largest absolute Gasteiger partial charge is 0.393 e. The van der Waals surface area contributed by atoms with Gasteiger partial charge < -0.3 is 5.32 Å². The van der Waals surface area contributed by atoms with Gasteiger partial charge in [0.2, 0.25) is 0 Å². The van der Waals surface area contributed by atoms with E-state index in [2.05, 4.69) is 5.32 Å². The first-order valence-electron chi connectivity index (χ1n) is 6.26. The third kappa shape index (κ3) is 2.86. The minimum Gasteiger partial charge on any atom is -0.309 e. The topological polar surface area (TPSA) is 12.0 Å². The Balaban J connectivity index is 2.33. The lowest BCUT2D eigenvalue weighted by atomic mass is 9.85. The fourth-order valence-corrected chi connectivity index (χ4v) is 2.78. The molecule has 4 heteroatoms. The predicted molar refractivity (Wildman–Crippen MR) is 65.4 cm³/mol. The van der Waals surface area contributed by atoms with Gasteiger partial charge in [0, 0.05) is 6.04 Å². The van der Waals surface area contributed by atoms with Gasteiger partial charge in [0.25, 0.3) is 0 Å². The number of benzene rings is 1. The summed E-state index contributed by atoms with van der Waals surface area (Å²) in [5.41, 5.74) is 2.78. The lowest BCUT2D eigenvalue weighted by molar-refractivity contribution is -0.189. The molecule has 100 valence electrons. The van der Waals surface area contributed by atoms with Gasteiger partial charge in [0.05, 0.1) is 5.92 Å². The molecule has 0 saturated carbocycles. The van der Waals surface area contributed by atoms with E-state index in [9.17, 15) is 13.2 Å². The van der Waals surface area contributed by atoms with Gasteiger partial charge in [-0.2, -0.15) is 13.2 Å². The second-order valence-corrected chi connectivity index (χ2v) is 5.14. The van der Waals surface area contributed by atoms with Crippen LogP contribution in [0.3, 0.4) is 0 Å². The van der Waals surface area contributed by atoms with Crippen molar-refractivity contribution in [3.05, 3.63) is 34.9 Å². The standard InChI is InChI=1S/C14H18F3N/c1-9-6-10(2)8-11(7-9)13-12(14(15,16)17)4-3-5-18-13/h6-8,12-13,18H,3-5H2,1-2H3. The highest BCUT2D eigenvalue weighted by molar-refractivity contribution is 5.31. The number of hydrogen-bond acceptors (Lipinski definition) is 1. The van der Waals surface area contributed by atoms with Crippen LogP contribution in [0.15, 0.2) is 18.2 Å². The molecule has 1 heterocycles. The molecule has 0 amide bonds. The summed E-state index contributed by atoms with van der Waals surface area (Å²) in [6.07, 6.45) is -3.32. The van der Waals surface area contributed by atoms with Crippen LogP contribution in [0.1, 0.15) is 35.6 Å². The lowest BCUT2D eigenvalue weighted by Crippen LogP contribution is -2.41. The summed E-state index contributed by atoms with van der Waals surface area (Å²) in [5, 5.41) is 3.03. The molecule has 18 heavy (non-hydrogen) atoms. The van der Waals surface area contributed by atoms with Gasteiger partial charge in [-0.3, -0.25) is 0 Å². The van der Waals surface area contributed by atoms with Gasteiger partial charge in [-0.25, -0.2) is 0 Å². The molecule has 1 fully saturated rings. The highest BCUT2D eigenvalue weighted by Gasteiger charge is 2.45. The Kier molecular flexibility index (Phi) is 3.66. The molecule has 0 spiro atoms. The molecule has 2 atom stereocenters. The van der Waals surface area contributed by atoms with Gasteiger partial charge in [-0.1, -0.05) is 29.3 Å². The average Bonchev–Trinajstić information content (AvgIpc) is 2.26. The van der Waals surface area contributed by atoms with Crippen molar-refractivity contribution in [2.45, 2.75) is 38.9 Å². The van der Waals surface area contributed by atoms with E-state index >= 15 is 0 Å². The van der Waals surface area contributed by atoms with E-state index in [-0.39, 0.29) is 6.42 Å². The molecule has 2 rings (SSSR count). The predicted octanol–water partition coefficient (Wildman–Crippen LogP) is 3.91. The number of nitrogens with one attached hydrogen (secondary N) is 1.